The maximum Gasteiger partial charge on any atom is 0.410 e. The molecule has 39 heavy (non-hydrogen) atoms. The molecule has 11 heteroatoms. The molecule has 3 rings (SSSR count). The summed E-state index contributed by atoms with van der Waals surface area (Å²) in [6, 6.07) is 14.6. The van der Waals surface area contributed by atoms with Crippen LogP contribution in [0, 0.1) is 12.8 Å². The number of nitrogens with two attached hydrogens (primary N) is 2. The van der Waals surface area contributed by atoms with Gasteiger partial charge in [0.1, 0.15) is 11.4 Å². The molecule has 1 aromatic heterocycles. The van der Waals surface area contributed by atoms with Crippen LogP contribution in [0.15, 0.2) is 48.5 Å². The van der Waals surface area contributed by atoms with Crippen LogP contribution in [0.2, 0.25) is 5.15 Å². The van der Waals surface area contributed by atoms with Gasteiger partial charge in [-0.05, 0) is 68.9 Å². The lowest BCUT2D eigenvalue weighted by Gasteiger charge is -2.31. The van der Waals surface area contributed by atoms with Gasteiger partial charge in [0.2, 0.25) is 0 Å². The first-order chi connectivity index (χ1) is 18.3. The number of phenolic OH excluding ortho intramolecular Hbond substituents is 1. The van der Waals surface area contributed by atoms with Gasteiger partial charge in [-0.3, -0.25) is 4.79 Å². The standard InChI is InChI=1S/C28H35ClN6O4/c1-17-7-5-6-8-20(17)13-19(14-32-26(37)22-24(30)34-25(31)23(29)33-22)16-35(27(38)39-28(2,3)4)15-18-9-11-21(36)12-10-18/h5-12,19,36H,13-16H2,1-4H3,(H,32,37)(H4,30,31,34). The van der Waals surface area contributed by atoms with E-state index in [4.69, 9.17) is 27.8 Å². The highest BCUT2D eigenvalue weighted by Gasteiger charge is 2.26. The quantitative estimate of drug-likeness (QED) is 0.304. The second kappa shape index (κ2) is 12.7. The molecule has 0 aliphatic carbocycles. The summed E-state index contributed by atoms with van der Waals surface area (Å²) in [5.74, 6) is -0.831. The minimum atomic E-state index is -0.700. The Balaban J connectivity index is 1.87. The maximum absolute atomic E-state index is 13.3. The van der Waals surface area contributed by atoms with Crippen LogP contribution in [-0.2, 0) is 17.7 Å². The van der Waals surface area contributed by atoms with Crippen molar-refractivity contribution in [1.29, 1.82) is 0 Å². The number of nitrogen functional groups attached to an aromatic ring is 2. The Morgan fingerprint density at radius 3 is 2.38 bits per heavy atom. The predicted octanol–water partition coefficient (Wildman–Crippen LogP) is 4.33. The zero-order chi connectivity index (χ0) is 28.7. The van der Waals surface area contributed by atoms with E-state index in [1.54, 1.807) is 49.9 Å². The van der Waals surface area contributed by atoms with Crippen LogP contribution in [0.4, 0.5) is 16.4 Å². The Morgan fingerprint density at radius 2 is 1.74 bits per heavy atom. The van der Waals surface area contributed by atoms with E-state index in [-0.39, 0.29) is 53.8 Å². The number of rotatable bonds is 9. The first-order valence-electron chi connectivity index (χ1n) is 12.5. The number of aromatic nitrogens is 2. The third-order valence-electron chi connectivity index (χ3n) is 5.88. The molecule has 2 aromatic carbocycles. The smallest absolute Gasteiger partial charge is 0.410 e. The van der Waals surface area contributed by atoms with Gasteiger partial charge in [0, 0.05) is 19.6 Å². The van der Waals surface area contributed by atoms with Crippen LogP contribution in [0.25, 0.3) is 0 Å². The van der Waals surface area contributed by atoms with E-state index in [2.05, 4.69) is 15.3 Å². The third-order valence-corrected chi connectivity index (χ3v) is 6.16. The maximum atomic E-state index is 13.3. The topological polar surface area (TPSA) is 157 Å². The van der Waals surface area contributed by atoms with Gasteiger partial charge >= 0.3 is 6.09 Å². The zero-order valence-corrected chi connectivity index (χ0v) is 23.3. The van der Waals surface area contributed by atoms with Crippen molar-refractivity contribution in [3.63, 3.8) is 0 Å². The molecule has 2 amide bonds. The van der Waals surface area contributed by atoms with Crippen LogP contribution < -0.4 is 16.8 Å². The molecule has 0 bridgehead atoms. The summed E-state index contributed by atoms with van der Waals surface area (Å²) in [5, 5.41) is 12.4. The molecule has 0 saturated heterocycles. The number of carbonyl (C=O) groups is 2. The van der Waals surface area contributed by atoms with Crippen LogP contribution >= 0.6 is 11.6 Å². The first-order valence-corrected chi connectivity index (χ1v) is 12.9. The summed E-state index contributed by atoms with van der Waals surface area (Å²) in [7, 11) is 0. The van der Waals surface area contributed by atoms with Crippen molar-refractivity contribution >= 4 is 35.2 Å². The van der Waals surface area contributed by atoms with Crippen molar-refractivity contribution in [2.75, 3.05) is 24.6 Å². The molecule has 0 spiro atoms. The molecule has 0 aliphatic rings. The van der Waals surface area contributed by atoms with Gasteiger partial charge in [-0.15, -0.1) is 0 Å². The molecule has 0 radical (unpaired) electrons. The fourth-order valence-corrected chi connectivity index (χ4v) is 4.07. The van der Waals surface area contributed by atoms with Crippen LogP contribution in [0.1, 0.15) is 48.0 Å². The van der Waals surface area contributed by atoms with E-state index < -0.39 is 17.6 Å². The number of hydrogen-bond acceptors (Lipinski definition) is 8. The van der Waals surface area contributed by atoms with Crippen molar-refractivity contribution in [2.45, 2.75) is 46.3 Å². The highest BCUT2D eigenvalue weighted by molar-refractivity contribution is 6.31. The summed E-state index contributed by atoms with van der Waals surface area (Å²) in [5.41, 5.74) is 13.7. The van der Waals surface area contributed by atoms with Gasteiger partial charge in [-0.2, -0.15) is 0 Å². The van der Waals surface area contributed by atoms with E-state index in [1.807, 2.05) is 31.2 Å². The Labute approximate surface area is 233 Å². The second-order valence-electron chi connectivity index (χ2n) is 10.4. The minimum absolute atomic E-state index is 0.0645. The number of nitrogens with one attached hydrogen (secondary N) is 1. The number of anilines is 2. The molecule has 1 heterocycles. The third kappa shape index (κ3) is 8.75. The Kier molecular flexibility index (Phi) is 9.58. The van der Waals surface area contributed by atoms with Gasteiger partial charge in [0.25, 0.3) is 5.91 Å². The summed E-state index contributed by atoms with van der Waals surface area (Å²) in [4.78, 5) is 35.7. The molecule has 1 atom stereocenters. The number of aromatic hydroxyl groups is 1. The van der Waals surface area contributed by atoms with E-state index in [9.17, 15) is 14.7 Å². The molecule has 6 N–H and O–H groups in total. The normalized spacial score (nSPS) is 12.0. The van der Waals surface area contributed by atoms with Crippen molar-refractivity contribution in [1.82, 2.24) is 20.2 Å². The van der Waals surface area contributed by atoms with Gasteiger partial charge in [-0.1, -0.05) is 48.0 Å². The number of aryl methyl sites for hydroxylation is 1. The molecule has 0 aliphatic heterocycles. The zero-order valence-electron chi connectivity index (χ0n) is 22.6. The number of ether oxygens (including phenoxy) is 1. The Morgan fingerprint density at radius 1 is 1.08 bits per heavy atom. The molecule has 0 fully saturated rings. The molecular formula is C28H35ClN6O4. The summed E-state index contributed by atoms with van der Waals surface area (Å²) in [6.07, 6.45) is 0.0861. The lowest BCUT2D eigenvalue weighted by molar-refractivity contribution is 0.0202. The number of halogens is 1. The van der Waals surface area contributed by atoms with Gasteiger partial charge in [0.05, 0.1) is 0 Å². The van der Waals surface area contributed by atoms with E-state index >= 15 is 0 Å². The molecular weight excluding hydrogens is 520 g/mol. The summed E-state index contributed by atoms with van der Waals surface area (Å²) < 4.78 is 5.69. The molecule has 1 unspecified atom stereocenters. The Bertz CT molecular complexity index is 1310. The van der Waals surface area contributed by atoms with Gasteiger partial charge in [-0.25, -0.2) is 14.8 Å². The van der Waals surface area contributed by atoms with Crippen LogP contribution in [-0.4, -0.2) is 50.7 Å². The molecule has 208 valence electrons. The summed E-state index contributed by atoms with van der Waals surface area (Å²) >= 11 is 5.95. The van der Waals surface area contributed by atoms with Gasteiger partial charge in [0.15, 0.2) is 22.5 Å². The van der Waals surface area contributed by atoms with E-state index in [1.165, 1.54) is 0 Å². The number of carbonyl (C=O) groups excluding carboxylic acids is 2. The van der Waals surface area contributed by atoms with Crippen LogP contribution in [0.3, 0.4) is 0 Å². The number of benzene rings is 2. The Hall–Kier alpha value is -4.05. The number of amides is 2. The van der Waals surface area contributed by atoms with Gasteiger partial charge < -0.3 is 31.5 Å². The van der Waals surface area contributed by atoms with E-state index in [0.29, 0.717) is 6.42 Å². The monoisotopic (exact) mass is 554 g/mol. The largest absolute Gasteiger partial charge is 0.508 e. The second-order valence-corrected chi connectivity index (χ2v) is 10.7. The fourth-order valence-electron chi connectivity index (χ4n) is 3.94. The molecule has 10 nitrogen and oxygen atoms in total. The van der Waals surface area contributed by atoms with Crippen molar-refractivity contribution in [3.05, 3.63) is 76.1 Å². The lowest BCUT2D eigenvalue weighted by atomic mass is 9.95. The SMILES string of the molecule is Cc1ccccc1CC(CNC(=O)c1nc(Cl)c(N)nc1N)CN(Cc1ccc(O)cc1)C(=O)OC(C)(C)C. The first kappa shape index (κ1) is 29.5. The van der Waals surface area contributed by atoms with E-state index in [0.717, 1.165) is 16.7 Å². The van der Waals surface area contributed by atoms with Crippen LogP contribution in [0.5, 0.6) is 5.75 Å². The average molecular weight is 555 g/mol. The molecule has 3 aromatic rings. The molecule has 0 saturated carbocycles. The van der Waals surface area contributed by atoms with Crippen molar-refractivity contribution < 1.29 is 19.4 Å². The number of phenols is 1. The predicted molar refractivity (Wildman–Crippen MR) is 151 cm³/mol. The number of nitrogens with zero attached hydrogens (tertiary/aromatic N) is 3. The van der Waals surface area contributed by atoms with Crippen molar-refractivity contribution in [3.8, 4) is 5.75 Å². The number of hydrogen-bond donors (Lipinski definition) is 4. The average Bonchev–Trinajstić information content (AvgIpc) is 2.85. The summed E-state index contributed by atoms with van der Waals surface area (Å²) in [6.45, 7) is 8.14. The lowest BCUT2D eigenvalue weighted by Crippen LogP contribution is -2.42. The minimum Gasteiger partial charge on any atom is -0.508 e. The van der Waals surface area contributed by atoms with Crippen molar-refractivity contribution in [2.24, 2.45) is 5.92 Å². The highest BCUT2D eigenvalue weighted by atomic mass is 35.5. The fraction of sp³-hybridized carbons (Fsp3) is 0.357. The highest BCUT2D eigenvalue weighted by Crippen LogP contribution is 2.21.